The van der Waals surface area contributed by atoms with E-state index in [2.05, 4.69) is 0 Å². The number of carbonyl (C=O) groups excluding carboxylic acids is 1. The van der Waals surface area contributed by atoms with Crippen LogP contribution in [-0.2, 0) is 0 Å². The summed E-state index contributed by atoms with van der Waals surface area (Å²) < 4.78 is 0. The van der Waals surface area contributed by atoms with Crippen molar-refractivity contribution in [2.45, 2.75) is 26.4 Å². The lowest BCUT2D eigenvalue weighted by Crippen LogP contribution is -2.24. The van der Waals surface area contributed by atoms with E-state index in [0.717, 1.165) is 18.7 Å². The average molecular weight is 278 g/mol. The molecule has 6 heteroatoms. The van der Waals surface area contributed by atoms with E-state index in [1.165, 1.54) is 19.1 Å². The molecule has 0 bridgehead atoms. The van der Waals surface area contributed by atoms with Crippen LogP contribution in [0.2, 0.25) is 0 Å². The molecule has 2 unspecified atom stereocenters. The third kappa shape index (κ3) is 2.80. The standard InChI is InChI=1S/C14H18N2O4/c1-9(17)11-5-6-15(8-11)12-3-4-13(10(2)18)14(7-12)16(19)20/h3-4,7,9,11,17H,5-6,8H2,1-2H3. The molecule has 1 heterocycles. The minimum atomic E-state index is -0.525. The van der Waals surface area contributed by atoms with Gasteiger partial charge in [0.2, 0.25) is 0 Å². The van der Waals surface area contributed by atoms with E-state index >= 15 is 0 Å². The smallest absolute Gasteiger partial charge is 0.282 e. The minimum absolute atomic E-state index is 0.130. The Hall–Kier alpha value is -1.95. The second kappa shape index (κ2) is 5.58. The fourth-order valence-electron chi connectivity index (χ4n) is 2.58. The van der Waals surface area contributed by atoms with Gasteiger partial charge in [-0.15, -0.1) is 0 Å². The van der Waals surface area contributed by atoms with Gasteiger partial charge >= 0.3 is 0 Å². The van der Waals surface area contributed by atoms with Crippen LogP contribution in [0.5, 0.6) is 0 Å². The maximum absolute atomic E-state index is 11.4. The van der Waals surface area contributed by atoms with Gasteiger partial charge in [-0.25, -0.2) is 0 Å². The molecule has 2 atom stereocenters. The lowest BCUT2D eigenvalue weighted by Gasteiger charge is -2.19. The highest BCUT2D eigenvalue weighted by Gasteiger charge is 2.28. The van der Waals surface area contributed by atoms with E-state index in [9.17, 15) is 20.0 Å². The summed E-state index contributed by atoms with van der Waals surface area (Å²) in [6, 6.07) is 4.68. The van der Waals surface area contributed by atoms with Crippen molar-refractivity contribution in [2.75, 3.05) is 18.0 Å². The van der Waals surface area contributed by atoms with Gasteiger partial charge in [0, 0.05) is 30.8 Å². The van der Waals surface area contributed by atoms with Crippen LogP contribution in [0.3, 0.4) is 0 Å². The lowest BCUT2D eigenvalue weighted by molar-refractivity contribution is -0.385. The molecule has 20 heavy (non-hydrogen) atoms. The van der Waals surface area contributed by atoms with Gasteiger partial charge in [-0.3, -0.25) is 14.9 Å². The summed E-state index contributed by atoms with van der Waals surface area (Å²) in [7, 11) is 0. The van der Waals surface area contributed by atoms with Crippen LogP contribution >= 0.6 is 0 Å². The van der Waals surface area contributed by atoms with E-state index < -0.39 is 4.92 Å². The van der Waals surface area contributed by atoms with E-state index in [1.807, 2.05) is 4.90 Å². The van der Waals surface area contributed by atoms with Crippen molar-refractivity contribution in [1.82, 2.24) is 0 Å². The van der Waals surface area contributed by atoms with E-state index in [4.69, 9.17) is 0 Å². The first-order chi connectivity index (χ1) is 9.40. The number of Topliss-reactive ketones (excluding diaryl/α,β-unsaturated/α-hetero) is 1. The van der Waals surface area contributed by atoms with Gasteiger partial charge in [-0.05, 0) is 32.4 Å². The molecule has 1 fully saturated rings. The number of benzene rings is 1. The molecule has 2 rings (SSSR count). The Labute approximate surface area is 117 Å². The average Bonchev–Trinajstić information content (AvgIpc) is 2.87. The fourth-order valence-corrected chi connectivity index (χ4v) is 2.58. The van der Waals surface area contributed by atoms with Gasteiger partial charge in [-0.1, -0.05) is 0 Å². The third-order valence-corrected chi connectivity index (χ3v) is 3.83. The molecule has 6 nitrogen and oxygen atoms in total. The molecule has 108 valence electrons. The number of nitrogens with zero attached hydrogens (tertiary/aromatic N) is 2. The maximum Gasteiger partial charge on any atom is 0.282 e. The Bertz CT molecular complexity index is 542. The van der Waals surface area contributed by atoms with Crippen molar-refractivity contribution in [3.8, 4) is 0 Å². The first-order valence-corrected chi connectivity index (χ1v) is 6.62. The number of ketones is 1. The van der Waals surface area contributed by atoms with Crippen LogP contribution in [0.25, 0.3) is 0 Å². The molecule has 0 spiro atoms. The van der Waals surface area contributed by atoms with Crippen molar-refractivity contribution in [1.29, 1.82) is 0 Å². The summed E-state index contributed by atoms with van der Waals surface area (Å²) in [5.74, 6) is -0.131. The molecule has 0 amide bonds. The molecular formula is C14H18N2O4. The van der Waals surface area contributed by atoms with Gasteiger partial charge in [0.15, 0.2) is 5.78 Å². The number of aliphatic hydroxyl groups excluding tert-OH is 1. The number of nitro benzene ring substituents is 1. The van der Waals surface area contributed by atoms with Crippen LogP contribution in [0.4, 0.5) is 11.4 Å². The van der Waals surface area contributed by atoms with Gasteiger partial charge in [0.05, 0.1) is 16.6 Å². The topological polar surface area (TPSA) is 83.7 Å². The summed E-state index contributed by atoms with van der Waals surface area (Å²) in [6.45, 7) is 4.51. The Morgan fingerprint density at radius 1 is 1.55 bits per heavy atom. The highest BCUT2D eigenvalue weighted by molar-refractivity contribution is 5.98. The molecular weight excluding hydrogens is 260 g/mol. The van der Waals surface area contributed by atoms with Crippen LogP contribution in [0, 0.1) is 16.0 Å². The molecule has 1 N–H and O–H groups in total. The van der Waals surface area contributed by atoms with Crippen LogP contribution in [0.1, 0.15) is 30.6 Å². The number of anilines is 1. The first-order valence-electron chi connectivity index (χ1n) is 6.62. The molecule has 0 aromatic heterocycles. The number of aliphatic hydroxyl groups is 1. The quantitative estimate of drug-likeness (QED) is 0.517. The molecule has 0 aliphatic carbocycles. The number of rotatable bonds is 4. The first kappa shape index (κ1) is 14.5. The largest absolute Gasteiger partial charge is 0.393 e. The van der Waals surface area contributed by atoms with Crippen molar-refractivity contribution in [3.05, 3.63) is 33.9 Å². The van der Waals surface area contributed by atoms with E-state index in [0.29, 0.717) is 6.54 Å². The zero-order valence-corrected chi connectivity index (χ0v) is 11.6. The van der Waals surface area contributed by atoms with Gasteiger partial charge in [0.25, 0.3) is 5.69 Å². The molecule has 1 aromatic rings. The van der Waals surface area contributed by atoms with Gasteiger partial charge in [0.1, 0.15) is 0 Å². The van der Waals surface area contributed by atoms with Crippen LogP contribution in [0.15, 0.2) is 18.2 Å². The molecule has 0 radical (unpaired) electrons. The zero-order valence-electron chi connectivity index (χ0n) is 11.6. The van der Waals surface area contributed by atoms with Gasteiger partial charge in [-0.2, -0.15) is 0 Å². The van der Waals surface area contributed by atoms with E-state index in [1.54, 1.807) is 13.0 Å². The SMILES string of the molecule is CC(=O)c1ccc(N2CCC(C(C)O)C2)cc1[N+](=O)[O-]. The summed E-state index contributed by atoms with van der Waals surface area (Å²) in [6.07, 6.45) is 0.478. The number of hydrogen-bond acceptors (Lipinski definition) is 5. The second-order valence-corrected chi connectivity index (χ2v) is 5.25. The molecule has 1 aromatic carbocycles. The summed E-state index contributed by atoms with van der Waals surface area (Å²) in [4.78, 5) is 23.9. The fraction of sp³-hybridized carbons (Fsp3) is 0.500. The Kier molecular flexibility index (Phi) is 4.04. The van der Waals surface area contributed by atoms with Crippen molar-refractivity contribution in [2.24, 2.45) is 5.92 Å². The highest BCUT2D eigenvalue weighted by Crippen LogP contribution is 2.30. The maximum atomic E-state index is 11.4. The number of nitro groups is 1. The molecule has 0 saturated carbocycles. The Morgan fingerprint density at radius 2 is 2.25 bits per heavy atom. The normalized spacial score (nSPS) is 19.9. The van der Waals surface area contributed by atoms with Crippen molar-refractivity contribution < 1.29 is 14.8 Å². The molecule has 1 saturated heterocycles. The summed E-state index contributed by atoms with van der Waals surface area (Å²) in [5, 5.41) is 20.7. The predicted molar refractivity (Wildman–Crippen MR) is 75.1 cm³/mol. The van der Waals surface area contributed by atoms with Crippen molar-refractivity contribution >= 4 is 17.2 Å². The number of hydrogen-bond donors (Lipinski definition) is 1. The van der Waals surface area contributed by atoms with Gasteiger partial charge < -0.3 is 10.0 Å². The van der Waals surface area contributed by atoms with Crippen LogP contribution < -0.4 is 4.90 Å². The lowest BCUT2D eigenvalue weighted by atomic mass is 10.0. The summed E-state index contributed by atoms with van der Waals surface area (Å²) in [5.41, 5.74) is 0.699. The molecule has 1 aliphatic rings. The second-order valence-electron chi connectivity index (χ2n) is 5.25. The number of carbonyl (C=O) groups is 1. The van der Waals surface area contributed by atoms with Crippen molar-refractivity contribution in [3.63, 3.8) is 0 Å². The minimum Gasteiger partial charge on any atom is -0.393 e. The van der Waals surface area contributed by atoms with Crippen LogP contribution in [-0.4, -0.2) is 35.0 Å². The zero-order chi connectivity index (χ0) is 14.9. The Balaban J connectivity index is 2.28. The highest BCUT2D eigenvalue weighted by atomic mass is 16.6. The predicted octanol–water partition coefficient (Wildman–Crippen LogP) is 2.00. The van der Waals surface area contributed by atoms with E-state index in [-0.39, 0.29) is 29.1 Å². The monoisotopic (exact) mass is 278 g/mol. The molecule has 1 aliphatic heterocycles. The Morgan fingerprint density at radius 3 is 2.75 bits per heavy atom. The third-order valence-electron chi connectivity index (χ3n) is 3.83. The summed E-state index contributed by atoms with van der Waals surface area (Å²) >= 11 is 0.